The van der Waals surface area contributed by atoms with Gasteiger partial charge < -0.3 is 25.2 Å². The standard InChI is InChI=1S/C17H30N6O2S/c1-5-18-15(19-11-14-12-26-16(21-14)22(3)4)20-13-7-9-23(10-8-13)17(24)25-6-2/h12-13H,5-11H2,1-4H3,(H2,18,19,20). The number of hydrogen-bond acceptors (Lipinski definition) is 6. The fourth-order valence-electron chi connectivity index (χ4n) is 2.67. The number of thiazole rings is 1. The molecule has 1 aromatic rings. The summed E-state index contributed by atoms with van der Waals surface area (Å²) in [4.78, 5) is 24.8. The van der Waals surface area contributed by atoms with Crippen molar-refractivity contribution in [3.8, 4) is 0 Å². The van der Waals surface area contributed by atoms with Gasteiger partial charge in [-0.2, -0.15) is 0 Å². The number of aliphatic imine (C=N–C) groups is 1. The Kier molecular flexibility index (Phi) is 7.96. The van der Waals surface area contributed by atoms with E-state index in [0.717, 1.165) is 36.2 Å². The minimum atomic E-state index is -0.216. The third-order valence-corrected chi connectivity index (χ3v) is 5.08. The number of hydrogen-bond donors (Lipinski definition) is 2. The Bertz CT molecular complexity index is 596. The van der Waals surface area contributed by atoms with Crippen LogP contribution in [0.5, 0.6) is 0 Å². The lowest BCUT2D eigenvalue weighted by molar-refractivity contribution is 0.0963. The van der Waals surface area contributed by atoms with E-state index in [2.05, 4.69) is 20.6 Å². The van der Waals surface area contributed by atoms with Crippen molar-refractivity contribution in [2.45, 2.75) is 39.3 Å². The van der Waals surface area contributed by atoms with Crippen LogP contribution in [0.3, 0.4) is 0 Å². The number of carbonyl (C=O) groups excluding carboxylic acids is 1. The molecule has 1 saturated heterocycles. The summed E-state index contributed by atoms with van der Waals surface area (Å²) < 4.78 is 5.06. The van der Waals surface area contributed by atoms with Gasteiger partial charge in [-0.3, -0.25) is 0 Å². The second-order valence-corrected chi connectivity index (χ2v) is 7.15. The van der Waals surface area contributed by atoms with Crippen molar-refractivity contribution in [2.75, 3.05) is 45.2 Å². The highest BCUT2D eigenvalue weighted by molar-refractivity contribution is 7.13. The highest BCUT2D eigenvalue weighted by Crippen LogP contribution is 2.18. The van der Waals surface area contributed by atoms with E-state index in [1.165, 1.54) is 0 Å². The molecule has 0 radical (unpaired) electrons. The third-order valence-electron chi connectivity index (χ3n) is 4.03. The zero-order chi connectivity index (χ0) is 18.9. The number of aromatic nitrogens is 1. The van der Waals surface area contributed by atoms with Gasteiger partial charge in [0.15, 0.2) is 11.1 Å². The summed E-state index contributed by atoms with van der Waals surface area (Å²) in [6.45, 7) is 7.04. The van der Waals surface area contributed by atoms with Crippen molar-refractivity contribution >= 4 is 28.5 Å². The maximum atomic E-state index is 11.8. The molecule has 1 aliphatic heterocycles. The first-order valence-electron chi connectivity index (χ1n) is 9.11. The number of ether oxygens (including phenoxy) is 1. The molecule has 1 aliphatic rings. The van der Waals surface area contributed by atoms with Gasteiger partial charge >= 0.3 is 6.09 Å². The van der Waals surface area contributed by atoms with Crippen LogP contribution in [-0.4, -0.2) is 68.3 Å². The van der Waals surface area contributed by atoms with Gasteiger partial charge in [0.05, 0.1) is 18.8 Å². The maximum Gasteiger partial charge on any atom is 0.409 e. The number of likely N-dealkylation sites (tertiary alicyclic amines) is 1. The molecule has 1 amide bonds. The van der Waals surface area contributed by atoms with E-state index in [-0.39, 0.29) is 6.09 Å². The first kappa shape index (κ1) is 20.3. The van der Waals surface area contributed by atoms with E-state index in [9.17, 15) is 4.79 Å². The van der Waals surface area contributed by atoms with Crippen molar-refractivity contribution < 1.29 is 9.53 Å². The predicted octanol–water partition coefficient (Wildman–Crippen LogP) is 1.89. The lowest BCUT2D eigenvalue weighted by Gasteiger charge is -2.32. The van der Waals surface area contributed by atoms with Gasteiger partial charge in [0.2, 0.25) is 0 Å². The van der Waals surface area contributed by atoms with Crippen LogP contribution in [0.25, 0.3) is 0 Å². The first-order chi connectivity index (χ1) is 12.5. The van der Waals surface area contributed by atoms with E-state index < -0.39 is 0 Å². The second kappa shape index (κ2) is 10.2. The van der Waals surface area contributed by atoms with Crippen LogP contribution in [0.4, 0.5) is 9.93 Å². The van der Waals surface area contributed by atoms with Crippen molar-refractivity contribution in [3.05, 3.63) is 11.1 Å². The van der Waals surface area contributed by atoms with Crippen LogP contribution in [0, 0.1) is 0 Å². The zero-order valence-electron chi connectivity index (χ0n) is 16.1. The van der Waals surface area contributed by atoms with Crippen molar-refractivity contribution in [1.29, 1.82) is 0 Å². The Morgan fingerprint density at radius 1 is 1.42 bits per heavy atom. The molecule has 2 N–H and O–H groups in total. The molecule has 0 aliphatic carbocycles. The molecule has 0 spiro atoms. The highest BCUT2D eigenvalue weighted by Gasteiger charge is 2.24. The minimum absolute atomic E-state index is 0.216. The van der Waals surface area contributed by atoms with Gasteiger partial charge in [0.1, 0.15) is 0 Å². The molecule has 1 fully saturated rings. The molecule has 146 valence electrons. The van der Waals surface area contributed by atoms with E-state index in [4.69, 9.17) is 4.74 Å². The fraction of sp³-hybridized carbons (Fsp3) is 0.706. The molecule has 0 unspecified atom stereocenters. The molecule has 9 heteroatoms. The first-order valence-corrected chi connectivity index (χ1v) is 9.99. The molecule has 0 aromatic carbocycles. The molecular formula is C17H30N6O2S. The summed E-state index contributed by atoms with van der Waals surface area (Å²) in [6, 6.07) is 0.297. The third kappa shape index (κ3) is 6.05. The summed E-state index contributed by atoms with van der Waals surface area (Å²) in [5, 5.41) is 9.78. The molecule has 0 bridgehead atoms. The van der Waals surface area contributed by atoms with Gasteiger partial charge in [0, 0.05) is 45.2 Å². The number of carbonyl (C=O) groups is 1. The average Bonchev–Trinajstić information content (AvgIpc) is 3.10. The van der Waals surface area contributed by atoms with Gasteiger partial charge in [-0.25, -0.2) is 14.8 Å². The Labute approximate surface area is 159 Å². The molecule has 26 heavy (non-hydrogen) atoms. The fourth-order valence-corrected chi connectivity index (χ4v) is 3.42. The molecule has 1 aromatic heterocycles. The topological polar surface area (TPSA) is 82.1 Å². The number of guanidine groups is 1. The van der Waals surface area contributed by atoms with Gasteiger partial charge in [-0.05, 0) is 26.7 Å². The Balaban J connectivity index is 1.86. The number of piperidine rings is 1. The number of anilines is 1. The largest absolute Gasteiger partial charge is 0.450 e. The van der Waals surface area contributed by atoms with Gasteiger partial charge in [-0.15, -0.1) is 11.3 Å². The number of rotatable bonds is 6. The molecule has 0 saturated carbocycles. The van der Waals surface area contributed by atoms with E-state index in [1.807, 2.05) is 38.2 Å². The summed E-state index contributed by atoms with van der Waals surface area (Å²) in [5.41, 5.74) is 0.966. The van der Waals surface area contributed by atoms with E-state index in [1.54, 1.807) is 16.2 Å². The summed E-state index contributed by atoms with van der Waals surface area (Å²) in [7, 11) is 3.97. The average molecular weight is 383 g/mol. The van der Waals surface area contributed by atoms with E-state index in [0.29, 0.717) is 32.3 Å². The molecular weight excluding hydrogens is 352 g/mol. The van der Waals surface area contributed by atoms with Crippen molar-refractivity contribution in [2.24, 2.45) is 4.99 Å². The number of amides is 1. The van der Waals surface area contributed by atoms with Crippen molar-refractivity contribution in [3.63, 3.8) is 0 Å². The Hall–Kier alpha value is -2.03. The Morgan fingerprint density at radius 2 is 2.15 bits per heavy atom. The van der Waals surface area contributed by atoms with Gasteiger partial charge in [0.25, 0.3) is 0 Å². The van der Waals surface area contributed by atoms with E-state index >= 15 is 0 Å². The summed E-state index contributed by atoms with van der Waals surface area (Å²) in [5.74, 6) is 0.793. The van der Waals surface area contributed by atoms with Crippen LogP contribution in [0.1, 0.15) is 32.4 Å². The van der Waals surface area contributed by atoms with Crippen molar-refractivity contribution in [1.82, 2.24) is 20.5 Å². The predicted molar refractivity (Wildman–Crippen MR) is 106 cm³/mol. The lowest BCUT2D eigenvalue weighted by atomic mass is 10.1. The van der Waals surface area contributed by atoms with Crippen LogP contribution in [0.15, 0.2) is 10.4 Å². The van der Waals surface area contributed by atoms with Crippen LogP contribution < -0.4 is 15.5 Å². The molecule has 2 heterocycles. The second-order valence-electron chi connectivity index (χ2n) is 6.32. The molecule has 0 atom stereocenters. The summed E-state index contributed by atoms with van der Waals surface area (Å²) >= 11 is 1.62. The summed E-state index contributed by atoms with van der Waals surface area (Å²) in [6.07, 6.45) is 1.54. The quantitative estimate of drug-likeness (QED) is 0.578. The monoisotopic (exact) mass is 382 g/mol. The normalized spacial score (nSPS) is 15.7. The highest BCUT2D eigenvalue weighted by atomic mass is 32.1. The molecule has 8 nitrogen and oxygen atoms in total. The minimum Gasteiger partial charge on any atom is -0.450 e. The Morgan fingerprint density at radius 3 is 2.73 bits per heavy atom. The maximum absolute atomic E-state index is 11.8. The zero-order valence-corrected chi connectivity index (χ0v) is 16.9. The van der Waals surface area contributed by atoms with Crippen LogP contribution in [0.2, 0.25) is 0 Å². The molecule has 2 rings (SSSR count). The lowest BCUT2D eigenvalue weighted by Crippen LogP contribution is -2.49. The smallest absolute Gasteiger partial charge is 0.409 e. The van der Waals surface area contributed by atoms with Crippen LogP contribution >= 0.6 is 11.3 Å². The SMILES string of the molecule is CCNC(=NCc1csc(N(C)C)n1)NC1CCN(C(=O)OCC)CC1. The van der Waals surface area contributed by atoms with Gasteiger partial charge in [-0.1, -0.05) is 0 Å². The number of nitrogens with one attached hydrogen (secondary N) is 2. The number of nitrogens with zero attached hydrogens (tertiary/aromatic N) is 4. The van der Waals surface area contributed by atoms with Crippen LogP contribution in [-0.2, 0) is 11.3 Å².